The van der Waals surface area contributed by atoms with Crippen LogP contribution in [0, 0.1) is 5.82 Å². The van der Waals surface area contributed by atoms with E-state index in [0.717, 1.165) is 0 Å². The third-order valence-corrected chi connectivity index (χ3v) is 5.17. The molecule has 0 heterocycles. The molecule has 0 bridgehead atoms. The number of hydrogen-bond donors (Lipinski definition) is 1. The van der Waals surface area contributed by atoms with Crippen LogP contribution in [0.2, 0.25) is 0 Å². The van der Waals surface area contributed by atoms with Crippen molar-refractivity contribution in [2.45, 2.75) is 37.8 Å². The number of sulfone groups is 1. The first-order valence-corrected chi connectivity index (χ1v) is 7.31. The predicted octanol–water partition coefficient (Wildman–Crippen LogP) is 2.00. The van der Waals surface area contributed by atoms with Crippen molar-refractivity contribution in [2.24, 2.45) is 5.73 Å². The maximum absolute atomic E-state index is 13.6. The van der Waals surface area contributed by atoms with Gasteiger partial charge in [-0.2, -0.15) is 0 Å². The van der Waals surface area contributed by atoms with Crippen LogP contribution in [0.5, 0.6) is 0 Å². The van der Waals surface area contributed by atoms with E-state index in [9.17, 15) is 12.8 Å². The average molecular weight is 259 g/mol. The van der Waals surface area contributed by atoms with E-state index in [-0.39, 0.29) is 17.9 Å². The Bertz CT molecular complexity index is 485. The summed E-state index contributed by atoms with van der Waals surface area (Å²) in [6.45, 7) is 3.69. The van der Waals surface area contributed by atoms with Crippen molar-refractivity contribution in [3.8, 4) is 0 Å². The van der Waals surface area contributed by atoms with Gasteiger partial charge in [0, 0.05) is 12.1 Å². The van der Waals surface area contributed by atoms with E-state index in [0.29, 0.717) is 12.0 Å². The molecule has 0 aliphatic carbocycles. The summed E-state index contributed by atoms with van der Waals surface area (Å²) < 4.78 is 37.3. The van der Waals surface area contributed by atoms with E-state index in [1.807, 2.05) is 0 Å². The lowest BCUT2D eigenvalue weighted by atomic mass is 10.1. The lowest BCUT2D eigenvalue weighted by Crippen LogP contribution is -2.19. The van der Waals surface area contributed by atoms with Crippen LogP contribution in [0.3, 0.4) is 0 Å². The van der Waals surface area contributed by atoms with Gasteiger partial charge in [0.15, 0.2) is 9.84 Å². The molecule has 0 saturated carbocycles. The summed E-state index contributed by atoms with van der Waals surface area (Å²) in [5.74, 6) is -0.751. The van der Waals surface area contributed by atoms with Gasteiger partial charge in [0.1, 0.15) is 5.82 Å². The standard InChI is InChI=1S/C12H18FNO2S/c1-3-9(2)17(15,16)8-11-5-4-10(7-14)6-12(11)13/h4-6,9H,3,7-8,14H2,1-2H3. The van der Waals surface area contributed by atoms with Gasteiger partial charge in [0.2, 0.25) is 0 Å². The Kier molecular flexibility index (Phi) is 4.65. The fraction of sp³-hybridized carbons (Fsp3) is 0.500. The SMILES string of the molecule is CCC(C)S(=O)(=O)Cc1ccc(CN)cc1F. The molecule has 1 unspecified atom stereocenters. The summed E-state index contributed by atoms with van der Waals surface area (Å²) in [5.41, 5.74) is 6.25. The molecule has 1 aromatic carbocycles. The highest BCUT2D eigenvalue weighted by atomic mass is 32.2. The summed E-state index contributed by atoms with van der Waals surface area (Å²) in [7, 11) is -3.28. The molecule has 2 N–H and O–H groups in total. The Morgan fingerprint density at radius 3 is 2.53 bits per heavy atom. The summed E-state index contributed by atoms with van der Waals surface area (Å²) in [6, 6.07) is 4.45. The minimum Gasteiger partial charge on any atom is -0.326 e. The topological polar surface area (TPSA) is 60.2 Å². The van der Waals surface area contributed by atoms with Crippen LogP contribution in [0.25, 0.3) is 0 Å². The monoisotopic (exact) mass is 259 g/mol. The molecule has 1 aromatic rings. The Hall–Kier alpha value is -0.940. The van der Waals surface area contributed by atoms with Gasteiger partial charge < -0.3 is 5.73 Å². The zero-order valence-electron chi connectivity index (χ0n) is 10.1. The molecule has 0 spiro atoms. The van der Waals surface area contributed by atoms with Crippen LogP contribution in [0.4, 0.5) is 4.39 Å². The van der Waals surface area contributed by atoms with Crippen LogP contribution in [-0.2, 0) is 22.1 Å². The van der Waals surface area contributed by atoms with Crippen LogP contribution in [-0.4, -0.2) is 13.7 Å². The van der Waals surface area contributed by atoms with Gasteiger partial charge in [-0.3, -0.25) is 0 Å². The highest BCUT2D eigenvalue weighted by Crippen LogP contribution is 2.17. The Labute approximate surface area is 102 Å². The highest BCUT2D eigenvalue weighted by Gasteiger charge is 2.21. The van der Waals surface area contributed by atoms with Gasteiger partial charge in [0.05, 0.1) is 11.0 Å². The Balaban J connectivity index is 2.96. The molecule has 3 nitrogen and oxygen atoms in total. The minimum absolute atomic E-state index is 0.211. The van der Waals surface area contributed by atoms with Gasteiger partial charge >= 0.3 is 0 Å². The molecule has 96 valence electrons. The Morgan fingerprint density at radius 2 is 2.06 bits per heavy atom. The molecule has 0 aromatic heterocycles. The quantitative estimate of drug-likeness (QED) is 0.879. The zero-order chi connectivity index (χ0) is 13.1. The van der Waals surface area contributed by atoms with Gasteiger partial charge in [-0.15, -0.1) is 0 Å². The van der Waals surface area contributed by atoms with Crippen molar-refractivity contribution in [3.63, 3.8) is 0 Å². The fourth-order valence-corrected chi connectivity index (χ4v) is 2.91. The second-order valence-corrected chi connectivity index (χ2v) is 6.58. The van der Waals surface area contributed by atoms with Crippen LogP contribution in [0.1, 0.15) is 31.4 Å². The molecule has 0 aliphatic heterocycles. The molecule has 5 heteroatoms. The molecular formula is C12H18FNO2S. The smallest absolute Gasteiger partial charge is 0.157 e. The summed E-state index contributed by atoms with van der Waals surface area (Å²) in [4.78, 5) is 0. The first-order chi connectivity index (χ1) is 7.90. The zero-order valence-corrected chi connectivity index (χ0v) is 10.9. The largest absolute Gasteiger partial charge is 0.326 e. The number of rotatable bonds is 5. The van der Waals surface area contributed by atoms with Crippen molar-refractivity contribution >= 4 is 9.84 Å². The second-order valence-electron chi connectivity index (χ2n) is 4.16. The molecule has 0 radical (unpaired) electrons. The first-order valence-electron chi connectivity index (χ1n) is 5.59. The maximum Gasteiger partial charge on any atom is 0.157 e. The molecule has 0 saturated heterocycles. The molecule has 0 aliphatic rings. The predicted molar refractivity (Wildman–Crippen MR) is 66.7 cm³/mol. The van der Waals surface area contributed by atoms with Crippen molar-refractivity contribution < 1.29 is 12.8 Å². The van der Waals surface area contributed by atoms with Crippen LogP contribution >= 0.6 is 0 Å². The van der Waals surface area contributed by atoms with Gasteiger partial charge in [-0.05, 0) is 25.0 Å². The maximum atomic E-state index is 13.6. The van der Waals surface area contributed by atoms with E-state index >= 15 is 0 Å². The number of benzene rings is 1. The number of hydrogen-bond acceptors (Lipinski definition) is 3. The van der Waals surface area contributed by atoms with Crippen molar-refractivity contribution in [3.05, 3.63) is 35.1 Å². The van der Waals surface area contributed by atoms with E-state index in [1.165, 1.54) is 12.1 Å². The minimum atomic E-state index is -3.28. The van der Waals surface area contributed by atoms with E-state index < -0.39 is 20.9 Å². The van der Waals surface area contributed by atoms with Crippen molar-refractivity contribution in [1.82, 2.24) is 0 Å². The highest BCUT2D eigenvalue weighted by molar-refractivity contribution is 7.91. The summed E-state index contributed by atoms with van der Waals surface area (Å²) in [5, 5.41) is -0.448. The van der Waals surface area contributed by atoms with E-state index in [1.54, 1.807) is 19.9 Å². The van der Waals surface area contributed by atoms with Gasteiger partial charge in [-0.1, -0.05) is 19.1 Å². The molecule has 1 atom stereocenters. The van der Waals surface area contributed by atoms with Crippen molar-refractivity contribution in [1.29, 1.82) is 0 Å². The molecule has 0 amide bonds. The molecule has 0 fully saturated rings. The average Bonchev–Trinajstić information content (AvgIpc) is 2.30. The van der Waals surface area contributed by atoms with Gasteiger partial charge in [0.25, 0.3) is 0 Å². The third kappa shape index (κ3) is 3.51. The first kappa shape index (κ1) is 14.1. The van der Waals surface area contributed by atoms with E-state index in [2.05, 4.69) is 0 Å². The summed E-state index contributed by atoms with van der Waals surface area (Å²) >= 11 is 0. The third-order valence-electron chi connectivity index (χ3n) is 2.90. The van der Waals surface area contributed by atoms with Crippen LogP contribution < -0.4 is 5.73 Å². The second kappa shape index (κ2) is 5.60. The van der Waals surface area contributed by atoms with Gasteiger partial charge in [-0.25, -0.2) is 12.8 Å². The molecular weight excluding hydrogens is 241 g/mol. The molecule has 1 rings (SSSR count). The summed E-state index contributed by atoms with van der Waals surface area (Å²) in [6.07, 6.45) is 0.533. The fourth-order valence-electron chi connectivity index (χ4n) is 1.45. The normalized spacial score (nSPS) is 13.6. The lowest BCUT2D eigenvalue weighted by molar-refractivity contribution is 0.574. The van der Waals surface area contributed by atoms with Crippen LogP contribution in [0.15, 0.2) is 18.2 Å². The van der Waals surface area contributed by atoms with Crippen molar-refractivity contribution in [2.75, 3.05) is 0 Å². The molecule has 17 heavy (non-hydrogen) atoms. The number of nitrogens with two attached hydrogens (primary N) is 1. The lowest BCUT2D eigenvalue weighted by Gasteiger charge is -2.11. The van der Waals surface area contributed by atoms with E-state index in [4.69, 9.17) is 5.73 Å². The number of halogens is 1. The Morgan fingerprint density at radius 1 is 1.41 bits per heavy atom.